The van der Waals surface area contributed by atoms with E-state index in [-0.39, 0.29) is 23.5 Å². The molecule has 1 aliphatic heterocycles. The molecule has 0 aliphatic carbocycles. The number of halogens is 1. The Morgan fingerprint density at radius 2 is 2.22 bits per heavy atom. The van der Waals surface area contributed by atoms with E-state index in [1.807, 2.05) is 4.90 Å². The Morgan fingerprint density at radius 1 is 1.31 bits per heavy atom. The zero-order valence-corrected chi connectivity index (χ0v) is 17.6. The van der Waals surface area contributed by atoms with E-state index in [1.54, 1.807) is 30.9 Å². The summed E-state index contributed by atoms with van der Waals surface area (Å²) in [5.41, 5.74) is 3.17. The molecule has 1 atom stereocenters. The number of unbranched alkanes of at least 4 members (excludes halogenated alkanes) is 1. The number of imidazole rings is 1. The van der Waals surface area contributed by atoms with Crippen molar-refractivity contribution in [2.45, 2.75) is 32.2 Å². The lowest BCUT2D eigenvalue weighted by Crippen LogP contribution is -2.37. The van der Waals surface area contributed by atoms with E-state index in [2.05, 4.69) is 37.3 Å². The minimum absolute atomic E-state index is 0.238. The van der Waals surface area contributed by atoms with Crippen molar-refractivity contribution in [3.05, 3.63) is 71.7 Å². The number of pyridine rings is 1. The van der Waals surface area contributed by atoms with Crippen LogP contribution in [0.25, 0.3) is 5.52 Å². The van der Waals surface area contributed by atoms with Crippen molar-refractivity contribution in [3.63, 3.8) is 0 Å². The summed E-state index contributed by atoms with van der Waals surface area (Å²) in [6.07, 6.45) is 9.11. The highest BCUT2D eigenvalue weighted by molar-refractivity contribution is 5.92. The van der Waals surface area contributed by atoms with Crippen LogP contribution in [-0.4, -0.2) is 48.5 Å². The third-order valence-corrected chi connectivity index (χ3v) is 5.66. The van der Waals surface area contributed by atoms with Crippen LogP contribution < -0.4 is 10.2 Å². The Balaban J connectivity index is 1.48. The molecule has 0 unspecified atom stereocenters. The second kappa shape index (κ2) is 8.37. The van der Waals surface area contributed by atoms with Crippen molar-refractivity contribution in [2.75, 3.05) is 18.0 Å². The SMILES string of the molecule is CCCCNC(=O)c1cnc(N2CCc3[nH]cnc3[C@H]2c2cc3c(F)cccn3n2)cn1. The number of H-pyrrole nitrogens is 1. The first-order valence-electron chi connectivity index (χ1n) is 10.7. The van der Waals surface area contributed by atoms with Gasteiger partial charge in [0.25, 0.3) is 5.91 Å². The average molecular weight is 434 g/mol. The molecule has 4 aromatic rings. The van der Waals surface area contributed by atoms with E-state index >= 15 is 0 Å². The third-order valence-electron chi connectivity index (χ3n) is 5.66. The maximum atomic E-state index is 14.3. The van der Waals surface area contributed by atoms with Gasteiger partial charge in [0.15, 0.2) is 0 Å². The number of amides is 1. The molecule has 0 radical (unpaired) electrons. The van der Waals surface area contributed by atoms with E-state index in [1.165, 1.54) is 16.8 Å². The molecule has 0 bridgehead atoms. The molecule has 1 amide bonds. The smallest absolute Gasteiger partial charge is 0.271 e. The number of aromatic amines is 1. The lowest BCUT2D eigenvalue weighted by molar-refractivity contribution is 0.0948. The van der Waals surface area contributed by atoms with Crippen LogP contribution in [0, 0.1) is 5.82 Å². The predicted molar refractivity (Wildman–Crippen MR) is 116 cm³/mol. The van der Waals surface area contributed by atoms with Crippen LogP contribution in [0.5, 0.6) is 0 Å². The Bertz CT molecular complexity index is 1250. The molecule has 164 valence electrons. The van der Waals surface area contributed by atoms with Crippen LogP contribution >= 0.6 is 0 Å². The van der Waals surface area contributed by atoms with Crippen molar-refractivity contribution >= 4 is 17.2 Å². The van der Waals surface area contributed by atoms with Crippen LogP contribution in [0.15, 0.2) is 43.1 Å². The molecule has 0 saturated heterocycles. The van der Waals surface area contributed by atoms with Gasteiger partial charge in [-0.15, -0.1) is 0 Å². The summed E-state index contributed by atoms with van der Waals surface area (Å²) in [4.78, 5) is 30.8. The standard InChI is InChI=1S/C22H23FN8O/c1-2-3-7-24-22(32)17-11-26-19(12-25-17)30-9-6-15-20(28-13-27-15)21(30)16-10-18-14(23)5-4-8-31(18)29-16/h4-5,8,10-13,21H,2-3,6-7,9H2,1H3,(H,24,32)(H,27,28)/t21-/m1/s1. The fraction of sp³-hybridized carbons (Fsp3) is 0.318. The summed E-state index contributed by atoms with van der Waals surface area (Å²) in [7, 11) is 0. The van der Waals surface area contributed by atoms with Gasteiger partial charge in [0, 0.05) is 31.4 Å². The Labute approximate surface area is 183 Å². The second-order valence-corrected chi connectivity index (χ2v) is 7.74. The second-order valence-electron chi connectivity index (χ2n) is 7.74. The number of hydrogen-bond acceptors (Lipinski definition) is 6. The molecule has 5 heterocycles. The summed E-state index contributed by atoms with van der Waals surface area (Å²) in [6, 6.07) is 4.41. The van der Waals surface area contributed by atoms with Crippen molar-refractivity contribution in [1.29, 1.82) is 0 Å². The molecule has 0 aromatic carbocycles. The molecule has 32 heavy (non-hydrogen) atoms. The first kappa shape index (κ1) is 20.1. The highest BCUT2D eigenvalue weighted by atomic mass is 19.1. The highest BCUT2D eigenvalue weighted by Gasteiger charge is 2.34. The molecule has 0 fully saturated rings. The first-order valence-corrected chi connectivity index (χ1v) is 10.7. The van der Waals surface area contributed by atoms with Gasteiger partial charge in [0.1, 0.15) is 28.9 Å². The van der Waals surface area contributed by atoms with E-state index < -0.39 is 0 Å². The number of anilines is 1. The van der Waals surface area contributed by atoms with Gasteiger partial charge in [-0.3, -0.25) is 4.79 Å². The zero-order valence-electron chi connectivity index (χ0n) is 17.6. The zero-order chi connectivity index (χ0) is 22.1. The summed E-state index contributed by atoms with van der Waals surface area (Å²) >= 11 is 0. The first-order chi connectivity index (χ1) is 15.7. The fourth-order valence-electron chi connectivity index (χ4n) is 4.01. The molecule has 0 spiro atoms. The van der Waals surface area contributed by atoms with Gasteiger partial charge in [0.05, 0.1) is 30.1 Å². The maximum absolute atomic E-state index is 14.3. The van der Waals surface area contributed by atoms with Gasteiger partial charge in [-0.05, 0) is 24.6 Å². The normalized spacial score (nSPS) is 15.7. The number of carbonyl (C=O) groups is 1. The number of hydrogen-bond donors (Lipinski definition) is 2. The molecular weight excluding hydrogens is 411 g/mol. The Kier molecular flexibility index (Phi) is 5.26. The molecule has 0 saturated carbocycles. The molecule has 5 rings (SSSR count). The van der Waals surface area contributed by atoms with E-state index in [0.717, 1.165) is 30.7 Å². The summed E-state index contributed by atoms with van der Waals surface area (Å²) in [5.74, 6) is 0.0264. The Morgan fingerprint density at radius 3 is 3.00 bits per heavy atom. The number of nitrogens with one attached hydrogen (secondary N) is 2. The molecule has 2 N–H and O–H groups in total. The lowest BCUT2D eigenvalue weighted by Gasteiger charge is -2.34. The molecule has 1 aliphatic rings. The van der Waals surface area contributed by atoms with E-state index in [0.29, 0.717) is 30.1 Å². The fourth-order valence-corrected chi connectivity index (χ4v) is 4.01. The largest absolute Gasteiger partial charge is 0.351 e. The van der Waals surface area contributed by atoms with Crippen molar-refractivity contribution in [2.24, 2.45) is 0 Å². The maximum Gasteiger partial charge on any atom is 0.271 e. The van der Waals surface area contributed by atoms with Crippen LogP contribution in [0.2, 0.25) is 0 Å². The summed E-state index contributed by atoms with van der Waals surface area (Å²) in [5, 5.41) is 7.45. The topological polar surface area (TPSA) is 104 Å². The van der Waals surface area contributed by atoms with Crippen LogP contribution in [-0.2, 0) is 6.42 Å². The van der Waals surface area contributed by atoms with Crippen molar-refractivity contribution in [1.82, 2.24) is 34.9 Å². The number of aromatic nitrogens is 6. The van der Waals surface area contributed by atoms with Gasteiger partial charge in [-0.2, -0.15) is 5.10 Å². The Hall–Kier alpha value is -3.82. The average Bonchev–Trinajstić information content (AvgIpc) is 3.46. The molecule has 10 heteroatoms. The van der Waals surface area contributed by atoms with Gasteiger partial charge in [-0.25, -0.2) is 23.9 Å². The van der Waals surface area contributed by atoms with Crippen LogP contribution in [0.3, 0.4) is 0 Å². The van der Waals surface area contributed by atoms with Gasteiger partial charge >= 0.3 is 0 Å². The van der Waals surface area contributed by atoms with E-state index in [9.17, 15) is 9.18 Å². The van der Waals surface area contributed by atoms with Crippen molar-refractivity contribution < 1.29 is 9.18 Å². The molecule has 4 aromatic heterocycles. The van der Waals surface area contributed by atoms with Crippen molar-refractivity contribution in [3.8, 4) is 0 Å². The van der Waals surface area contributed by atoms with E-state index in [4.69, 9.17) is 0 Å². The van der Waals surface area contributed by atoms with Gasteiger partial charge < -0.3 is 15.2 Å². The number of rotatable bonds is 6. The quantitative estimate of drug-likeness (QED) is 0.452. The monoisotopic (exact) mass is 434 g/mol. The number of carbonyl (C=O) groups excluding carboxylic acids is 1. The minimum Gasteiger partial charge on any atom is -0.351 e. The minimum atomic E-state index is -0.358. The predicted octanol–water partition coefficient (Wildman–Crippen LogP) is 2.67. The molecule has 9 nitrogen and oxygen atoms in total. The number of nitrogens with zero attached hydrogens (tertiary/aromatic N) is 6. The lowest BCUT2D eigenvalue weighted by atomic mass is 10.00. The van der Waals surface area contributed by atoms with Crippen LogP contribution in [0.1, 0.15) is 53.4 Å². The summed E-state index contributed by atoms with van der Waals surface area (Å²) < 4.78 is 15.8. The van der Waals surface area contributed by atoms with Gasteiger partial charge in [0.2, 0.25) is 0 Å². The molecular formula is C22H23FN8O. The number of fused-ring (bicyclic) bond motifs is 2. The van der Waals surface area contributed by atoms with Gasteiger partial charge in [-0.1, -0.05) is 13.3 Å². The highest BCUT2D eigenvalue weighted by Crippen LogP contribution is 2.35. The van der Waals surface area contributed by atoms with Crippen LogP contribution in [0.4, 0.5) is 10.2 Å². The summed E-state index contributed by atoms with van der Waals surface area (Å²) in [6.45, 7) is 3.32. The third kappa shape index (κ3) is 3.57.